The number of carboxylic acid groups (broad SMARTS) is 1. The lowest BCUT2D eigenvalue weighted by atomic mass is 9.69. The van der Waals surface area contributed by atoms with E-state index in [9.17, 15) is 9.90 Å². The monoisotopic (exact) mass is 370 g/mol. The third kappa shape index (κ3) is 4.10. The maximum Gasteiger partial charge on any atom is 0.306 e. The van der Waals surface area contributed by atoms with Gasteiger partial charge in [0, 0.05) is 5.92 Å². The summed E-state index contributed by atoms with van der Waals surface area (Å²) in [5, 5.41) is 9.64. The molecule has 2 heteroatoms. The van der Waals surface area contributed by atoms with E-state index >= 15 is 0 Å². The van der Waals surface area contributed by atoms with Crippen LogP contribution in [0.25, 0.3) is 0 Å². The van der Waals surface area contributed by atoms with E-state index in [4.69, 9.17) is 0 Å². The summed E-state index contributed by atoms with van der Waals surface area (Å²) >= 11 is 0. The molecule has 0 bridgehead atoms. The third-order valence-corrected chi connectivity index (χ3v) is 8.17. The van der Waals surface area contributed by atoms with Crippen LogP contribution in [0.5, 0.6) is 0 Å². The van der Waals surface area contributed by atoms with E-state index in [0.29, 0.717) is 23.7 Å². The first-order valence-corrected chi connectivity index (χ1v) is 11.0. The Bertz CT molecular complexity index is 668. The van der Waals surface area contributed by atoms with Crippen LogP contribution in [0.3, 0.4) is 0 Å². The molecular weight excluding hydrogens is 332 g/mol. The van der Waals surface area contributed by atoms with Gasteiger partial charge < -0.3 is 5.11 Å². The minimum atomic E-state index is -0.627. The summed E-state index contributed by atoms with van der Waals surface area (Å²) in [7, 11) is 0. The topological polar surface area (TPSA) is 37.3 Å². The van der Waals surface area contributed by atoms with E-state index in [-0.39, 0.29) is 11.3 Å². The third-order valence-electron chi connectivity index (χ3n) is 8.17. The minimum Gasteiger partial charge on any atom is -0.481 e. The Morgan fingerprint density at radius 3 is 2.63 bits per heavy atom. The van der Waals surface area contributed by atoms with Crippen LogP contribution in [0.1, 0.15) is 79.6 Å². The maximum atomic E-state index is 11.7. The van der Waals surface area contributed by atoms with E-state index in [2.05, 4.69) is 45.9 Å². The van der Waals surface area contributed by atoms with Crippen molar-refractivity contribution in [2.24, 2.45) is 35.0 Å². The molecule has 2 fully saturated rings. The van der Waals surface area contributed by atoms with Gasteiger partial charge in [0.25, 0.3) is 0 Å². The molecule has 6 atom stereocenters. The molecule has 2 nitrogen and oxygen atoms in total. The zero-order chi connectivity index (χ0) is 19.8. The number of fused-ring (bicyclic) bond motifs is 2. The molecule has 3 rings (SSSR count). The summed E-state index contributed by atoms with van der Waals surface area (Å²) in [4.78, 5) is 11.7. The molecule has 3 aliphatic carbocycles. The Labute approximate surface area is 165 Å². The van der Waals surface area contributed by atoms with Crippen LogP contribution in [0.4, 0.5) is 0 Å². The van der Waals surface area contributed by atoms with Gasteiger partial charge in [-0.05, 0) is 82.0 Å². The van der Waals surface area contributed by atoms with E-state index in [1.54, 1.807) is 5.57 Å². The molecule has 27 heavy (non-hydrogen) atoms. The molecule has 0 radical (unpaired) electrons. The number of carbonyl (C=O) groups is 1. The predicted octanol–water partition coefficient (Wildman–Crippen LogP) is 6.79. The van der Waals surface area contributed by atoms with Gasteiger partial charge in [-0.1, -0.05) is 55.7 Å². The Kier molecular flexibility index (Phi) is 6.03. The Morgan fingerprint density at radius 2 is 1.93 bits per heavy atom. The molecule has 0 aromatic carbocycles. The standard InChI is InChI=1S/C25H38O2/c1-16-6-9-20-17(2)7-10-21(20)18(3)8-11-23-22(19(4)24(26)27)13-15-25(23,5)14-12-16/h8-9,12,17,19,21-23H,6-7,10-11,13-15H2,1-5H3,(H,26,27). The largest absolute Gasteiger partial charge is 0.481 e. The summed E-state index contributed by atoms with van der Waals surface area (Å²) in [5.41, 5.74) is 4.85. The fourth-order valence-corrected chi connectivity index (χ4v) is 6.05. The lowest BCUT2D eigenvalue weighted by molar-refractivity contribution is -0.143. The van der Waals surface area contributed by atoms with E-state index in [1.807, 2.05) is 6.92 Å². The van der Waals surface area contributed by atoms with Gasteiger partial charge in [0.1, 0.15) is 0 Å². The Morgan fingerprint density at radius 1 is 1.19 bits per heavy atom. The van der Waals surface area contributed by atoms with Gasteiger partial charge in [-0.2, -0.15) is 0 Å². The number of hydrogen-bond donors (Lipinski definition) is 1. The number of hydrogen-bond acceptors (Lipinski definition) is 1. The first-order valence-electron chi connectivity index (χ1n) is 11.0. The van der Waals surface area contributed by atoms with Crippen LogP contribution >= 0.6 is 0 Å². The van der Waals surface area contributed by atoms with E-state index in [1.165, 1.54) is 24.0 Å². The maximum absolute atomic E-state index is 11.7. The van der Waals surface area contributed by atoms with Gasteiger partial charge in [0.05, 0.1) is 5.92 Å². The van der Waals surface area contributed by atoms with Crippen molar-refractivity contribution in [1.82, 2.24) is 0 Å². The van der Waals surface area contributed by atoms with Gasteiger partial charge in [-0.15, -0.1) is 0 Å². The molecule has 0 amide bonds. The summed E-state index contributed by atoms with van der Waals surface area (Å²) in [5.74, 6) is 1.20. The van der Waals surface area contributed by atoms with Crippen molar-refractivity contribution in [3.8, 4) is 0 Å². The highest BCUT2D eigenvalue weighted by molar-refractivity contribution is 5.70. The van der Waals surface area contributed by atoms with Crippen LogP contribution in [0, 0.1) is 35.0 Å². The normalized spacial score (nSPS) is 38.5. The summed E-state index contributed by atoms with van der Waals surface area (Å²) in [6, 6.07) is 0. The number of rotatable bonds is 2. The van der Waals surface area contributed by atoms with E-state index < -0.39 is 5.97 Å². The van der Waals surface area contributed by atoms with Crippen molar-refractivity contribution in [2.75, 3.05) is 0 Å². The van der Waals surface area contributed by atoms with Crippen molar-refractivity contribution in [3.05, 3.63) is 34.9 Å². The molecule has 0 aromatic rings. The molecule has 0 aliphatic heterocycles. The van der Waals surface area contributed by atoms with Crippen LogP contribution < -0.4 is 0 Å². The predicted molar refractivity (Wildman–Crippen MR) is 112 cm³/mol. The minimum absolute atomic E-state index is 0.223. The fraction of sp³-hybridized carbons (Fsp3) is 0.720. The van der Waals surface area contributed by atoms with Crippen molar-refractivity contribution < 1.29 is 9.90 Å². The fourth-order valence-electron chi connectivity index (χ4n) is 6.05. The van der Waals surface area contributed by atoms with Crippen LogP contribution in [0.15, 0.2) is 34.9 Å². The smallest absolute Gasteiger partial charge is 0.306 e. The second-order valence-electron chi connectivity index (χ2n) is 9.97. The zero-order valence-electron chi connectivity index (χ0n) is 17.9. The Balaban J connectivity index is 1.96. The van der Waals surface area contributed by atoms with Crippen molar-refractivity contribution in [1.29, 1.82) is 0 Å². The van der Waals surface area contributed by atoms with Gasteiger partial charge in [-0.25, -0.2) is 0 Å². The molecule has 1 N–H and O–H groups in total. The van der Waals surface area contributed by atoms with Gasteiger partial charge in [0.2, 0.25) is 0 Å². The molecule has 3 aliphatic rings. The molecule has 150 valence electrons. The first kappa shape index (κ1) is 20.4. The quantitative estimate of drug-likeness (QED) is 0.543. The van der Waals surface area contributed by atoms with Crippen molar-refractivity contribution in [3.63, 3.8) is 0 Å². The molecule has 6 unspecified atom stereocenters. The number of allylic oxidation sites excluding steroid dienone is 6. The molecule has 0 aromatic heterocycles. The number of aliphatic carboxylic acids is 1. The lowest BCUT2D eigenvalue weighted by Crippen LogP contribution is -2.30. The average molecular weight is 371 g/mol. The highest BCUT2D eigenvalue weighted by Crippen LogP contribution is 2.54. The summed E-state index contributed by atoms with van der Waals surface area (Å²) in [6.07, 6.45) is 15.4. The highest BCUT2D eigenvalue weighted by Gasteiger charge is 2.47. The molecule has 0 spiro atoms. The van der Waals surface area contributed by atoms with Crippen LogP contribution in [0.2, 0.25) is 0 Å². The average Bonchev–Trinajstić information content (AvgIpc) is 3.15. The Hall–Kier alpha value is -1.31. The van der Waals surface area contributed by atoms with Gasteiger partial charge >= 0.3 is 5.97 Å². The first-order chi connectivity index (χ1) is 12.7. The van der Waals surface area contributed by atoms with Crippen molar-refractivity contribution >= 4 is 5.97 Å². The second kappa shape index (κ2) is 7.97. The van der Waals surface area contributed by atoms with Crippen LogP contribution in [-0.4, -0.2) is 11.1 Å². The lowest BCUT2D eigenvalue weighted by Gasteiger charge is -2.35. The number of carboxylic acids is 1. The molecule has 0 saturated heterocycles. The highest BCUT2D eigenvalue weighted by atomic mass is 16.4. The van der Waals surface area contributed by atoms with Crippen molar-refractivity contribution in [2.45, 2.75) is 79.6 Å². The van der Waals surface area contributed by atoms with E-state index in [0.717, 1.165) is 32.1 Å². The zero-order valence-corrected chi connectivity index (χ0v) is 17.9. The SMILES string of the molecule is CC1=CCC2(C)CCC(C(C)C(=O)O)C2CC=C(C)C2CCC(C)C2=CC1. The van der Waals surface area contributed by atoms with Gasteiger partial charge in [0.15, 0.2) is 0 Å². The summed E-state index contributed by atoms with van der Waals surface area (Å²) in [6.45, 7) is 11.3. The molecular formula is C25H38O2. The van der Waals surface area contributed by atoms with Crippen LogP contribution in [-0.2, 0) is 4.79 Å². The molecule has 2 saturated carbocycles. The summed E-state index contributed by atoms with van der Waals surface area (Å²) < 4.78 is 0. The molecule has 0 heterocycles. The second-order valence-corrected chi connectivity index (χ2v) is 9.97. The van der Waals surface area contributed by atoms with Gasteiger partial charge in [-0.3, -0.25) is 4.79 Å².